The summed E-state index contributed by atoms with van der Waals surface area (Å²) in [5.41, 5.74) is 0.290. The largest absolute Gasteiger partial charge is 0.508 e. The van der Waals surface area contributed by atoms with Crippen LogP contribution >= 0.6 is 0 Å². The highest BCUT2D eigenvalue weighted by Crippen LogP contribution is 2.32. The van der Waals surface area contributed by atoms with Gasteiger partial charge in [0, 0.05) is 0 Å². The van der Waals surface area contributed by atoms with Gasteiger partial charge >= 0.3 is 12.3 Å². The third kappa shape index (κ3) is 4.43. The Balaban J connectivity index is 2.91. The van der Waals surface area contributed by atoms with E-state index in [0.717, 1.165) is 12.8 Å². The van der Waals surface area contributed by atoms with Crippen LogP contribution in [0.4, 0.5) is 9.59 Å². The summed E-state index contributed by atoms with van der Waals surface area (Å²) < 4.78 is 19.7. The molecule has 1 rings (SSSR count). The summed E-state index contributed by atoms with van der Waals surface area (Å²) >= 11 is 0. The van der Waals surface area contributed by atoms with Crippen molar-refractivity contribution < 1.29 is 28.5 Å². The van der Waals surface area contributed by atoms with Crippen LogP contribution in [-0.4, -0.2) is 38.2 Å². The summed E-state index contributed by atoms with van der Waals surface area (Å²) in [5, 5.41) is 0. The quantitative estimate of drug-likeness (QED) is 0.573. The Morgan fingerprint density at radius 2 is 1.90 bits per heavy atom. The van der Waals surface area contributed by atoms with Crippen LogP contribution in [0.1, 0.15) is 39.5 Å². The molecule has 2 atom stereocenters. The summed E-state index contributed by atoms with van der Waals surface area (Å²) in [6, 6.07) is 0. The molecular formula is C14H22O6. The van der Waals surface area contributed by atoms with E-state index in [1.54, 1.807) is 6.92 Å². The van der Waals surface area contributed by atoms with Crippen molar-refractivity contribution in [1.29, 1.82) is 0 Å². The van der Waals surface area contributed by atoms with Crippen molar-refractivity contribution in [2.24, 2.45) is 0 Å². The predicted molar refractivity (Wildman–Crippen MR) is 71.4 cm³/mol. The Labute approximate surface area is 119 Å². The molecule has 0 fully saturated rings. The normalized spacial score (nSPS) is 26.6. The molecule has 114 valence electrons. The fraction of sp³-hybridized carbons (Fsp3) is 0.714. The maximum Gasteiger partial charge on any atom is 0.508 e. The van der Waals surface area contributed by atoms with E-state index in [4.69, 9.17) is 9.47 Å². The number of carbonyl (C=O) groups excluding carboxylic acids is 2. The highest BCUT2D eigenvalue weighted by atomic mass is 16.8. The zero-order chi connectivity index (χ0) is 15.2. The van der Waals surface area contributed by atoms with Crippen molar-refractivity contribution in [2.75, 3.05) is 14.2 Å². The molecule has 0 aliphatic heterocycles. The van der Waals surface area contributed by atoms with E-state index >= 15 is 0 Å². The van der Waals surface area contributed by atoms with Gasteiger partial charge in [-0.1, -0.05) is 11.6 Å². The lowest BCUT2D eigenvalue weighted by atomic mass is 9.86. The van der Waals surface area contributed by atoms with Gasteiger partial charge in [0.2, 0.25) is 0 Å². The molecule has 0 spiro atoms. The molecule has 0 N–H and O–H groups in total. The summed E-state index contributed by atoms with van der Waals surface area (Å²) in [7, 11) is 2.49. The minimum Gasteiger partial charge on any atom is -0.438 e. The molecule has 0 aromatic heterocycles. The third-order valence-corrected chi connectivity index (χ3v) is 3.51. The van der Waals surface area contributed by atoms with E-state index < -0.39 is 24.0 Å². The summed E-state index contributed by atoms with van der Waals surface area (Å²) in [4.78, 5) is 22.8. The first-order chi connectivity index (χ1) is 9.41. The smallest absolute Gasteiger partial charge is 0.438 e. The van der Waals surface area contributed by atoms with E-state index in [1.807, 2.05) is 6.92 Å². The Morgan fingerprint density at radius 1 is 1.25 bits per heavy atom. The average molecular weight is 286 g/mol. The van der Waals surface area contributed by atoms with Gasteiger partial charge in [0.1, 0.15) is 6.10 Å². The minimum absolute atomic E-state index is 0.548. The van der Waals surface area contributed by atoms with Crippen molar-refractivity contribution in [2.45, 2.75) is 51.2 Å². The van der Waals surface area contributed by atoms with E-state index in [1.165, 1.54) is 19.8 Å². The Morgan fingerprint density at radius 3 is 2.50 bits per heavy atom. The third-order valence-electron chi connectivity index (χ3n) is 3.51. The van der Waals surface area contributed by atoms with Crippen LogP contribution < -0.4 is 0 Å². The molecule has 0 aromatic rings. The average Bonchev–Trinajstić information content (AvgIpc) is 2.42. The first kappa shape index (κ1) is 16.3. The standard InChI is InChI=1S/C14H22O6/c1-10-6-5-7-11(19-12(15)17-3)14(2,9-8-10)20-13(16)18-4/h6,11H,5,7-9H2,1-4H3. The van der Waals surface area contributed by atoms with E-state index in [2.05, 4.69) is 15.5 Å². The lowest BCUT2D eigenvalue weighted by Gasteiger charge is -2.36. The van der Waals surface area contributed by atoms with Gasteiger partial charge in [0.15, 0.2) is 5.60 Å². The van der Waals surface area contributed by atoms with E-state index in [-0.39, 0.29) is 0 Å². The zero-order valence-corrected chi connectivity index (χ0v) is 12.4. The highest BCUT2D eigenvalue weighted by molar-refractivity contribution is 5.61. The van der Waals surface area contributed by atoms with Crippen LogP contribution in [0.2, 0.25) is 0 Å². The van der Waals surface area contributed by atoms with Crippen LogP contribution in [0.3, 0.4) is 0 Å². The monoisotopic (exact) mass is 286 g/mol. The lowest BCUT2D eigenvalue weighted by molar-refractivity contribution is -0.109. The number of hydrogen-bond donors (Lipinski definition) is 0. The van der Waals surface area contributed by atoms with Crippen LogP contribution in [0.25, 0.3) is 0 Å². The number of methoxy groups -OCH3 is 2. The van der Waals surface area contributed by atoms with Crippen LogP contribution in [0, 0.1) is 0 Å². The number of hydrogen-bond acceptors (Lipinski definition) is 6. The molecule has 0 amide bonds. The van der Waals surface area contributed by atoms with Gasteiger partial charge in [0.25, 0.3) is 0 Å². The molecule has 0 aromatic carbocycles. The Hall–Kier alpha value is -1.72. The fourth-order valence-electron chi connectivity index (χ4n) is 2.19. The van der Waals surface area contributed by atoms with Gasteiger partial charge < -0.3 is 18.9 Å². The van der Waals surface area contributed by atoms with Gasteiger partial charge in [-0.2, -0.15) is 0 Å². The molecule has 0 saturated heterocycles. The molecule has 0 bridgehead atoms. The summed E-state index contributed by atoms with van der Waals surface area (Å²) in [5.74, 6) is 0. The van der Waals surface area contributed by atoms with Crippen LogP contribution in [-0.2, 0) is 18.9 Å². The minimum atomic E-state index is -0.934. The maximum atomic E-state index is 11.4. The molecule has 1 aliphatic carbocycles. The molecule has 20 heavy (non-hydrogen) atoms. The van der Waals surface area contributed by atoms with Gasteiger partial charge in [-0.25, -0.2) is 9.59 Å². The lowest BCUT2D eigenvalue weighted by Crippen LogP contribution is -2.46. The Bertz CT molecular complexity index is 389. The van der Waals surface area contributed by atoms with Crippen molar-refractivity contribution in [3.05, 3.63) is 11.6 Å². The van der Waals surface area contributed by atoms with Crippen LogP contribution in [0.15, 0.2) is 11.6 Å². The fourth-order valence-corrected chi connectivity index (χ4v) is 2.19. The number of ether oxygens (including phenoxy) is 4. The van der Waals surface area contributed by atoms with Crippen molar-refractivity contribution in [3.8, 4) is 0 Å². The second kappa shape index (κ2) is 7.17. The second-order valence-electron chi connectivity index (χ2n) is 5.06. The first-order valence-electron chi connectivity index (χ1n) is 6.58. The number of allylic oxidation sites excluding steroid dienone is 2. The van der Waals surface area contributed by atoms with Crippen molar-refractivity contribution in [3.63, 3.8) is 0 Å². The number of rotatable bonds is 2. The van der Waals surface area contributed by atoms with Crippen molar-refractivity contribution in [1.82, 2.24) is 0 Å². The molecule has 1 aliphatic rings. The Kier molecular flexibility index (Phi) is 5.85. The summed E-state index contributed by atoms with van der Waals surface area (Å²) in [6.45, 7) is 3.77. The predicted octanol–water partition coefficient (Wildman–Crippen LogP) is 3.20. The molecule has 0 radical (unpaired) electrons. The highest BCUT2D eigenvalue weighted by Gasteiger charge is 2.41. The molecule has 0 saturated carbocycles. The van der Waals surface area contributed by atoms with Gasteiger partial charge in [-0.05, 0) is 39.5 Å². The molecule has 2 unspecified atom stereocenters. The molecule has 6 heteroatoms. The van der Waals surface area contributed by atoms with Gasteiger partial charge in [0.05, 0.1) is 14.2 Å². The second-order valence-corrected chi connectivity index (χ2v) is 5.06. The van der Waals surface area contributed by atoms with Gasteiger partial charge in [-0.15, -0.1) is 0 Å². The maximum absolute atomic E-state index is 11.4. The number of carbonyl (C=O) groups is 2. The van der Waals surface area contributed by atoms with Crippen LogP contribution in [0.5, 0.6) is 0 Å². The molecule has 6 nitrogen and oxygen atoms in total. The van der Waals surface area contributed by atoms with E-state index in [0.29, 0.717) is 12.8 Å². The first-order valence-corrected chi connectivity index (χ1v) is 6.58. The topological polar surface area (TPSA) is 71.1 Å². The molecular weight excluding hydrogens is 264 g/mol. The summed E-state index contributed by atoms with van der Waals surface area (Å²) in [6.07, 6.45) is 2.57. The SMILES string of the molecule is COC(=O)OC1CCC=C(C)CCC1(C)OC(=O)OC. The van der Waals surface area contributed by atoms with E-state index in [9.17, 15) is 9.59 Å². The van der Waals surface area contributed by atoms with Crippen molar-refractivity contribution >= 4 is 12.3 Å². The van der Waals surface area contributed by atoms with Gasteiger partial charge in [-0.3, -0.25) is 0 Å². The zero-order valence-electron chi connectivity index (χ0n) is 12.4. The molecule has 0 heterocycles.